The van der Waals surface area contributed by atoms with Crippen LogP contribution in [0.4, 0.5) is 0 Å². The molecule has 0 N–H and O–H groups in total. The van der Waals surface area contributed by atoms with E-state index in [9.17, 15) is 0 Å². The summed E-state index contributed by atoms with van der Waals surface area (Å²) < 4.78 is 1.13. The van der Waals surface area contributed by atoms with Gasteiger partial charge in [-0.05, 0) is 29.8 Å². The van der Waals surface area contributed by atoms with Crippen LogP contribution < -0.4 is 0 Å². The fourth-order valence-electron chi connectivity index (χ4n) is 1.81. The molecule has 0 saturated heterocycles. The van der Waals surface area contributed by atoms with Gasteiger partial charge in [0.2, 0.25) is 0 Å². The van der Waals surface area contributed by atoms with Crippen molar-refractivity contribution in [3.05, 3.63) is 63.1 Å². The largest absolute Gasteiger partial charge is 0.239 e. The van der Waals surface area contributed by atoms with Crippen molar-refractivity contribution in [1.29, 1.82) is 0 Å². The lowest BCUT2D eigenvalue weighted by atomic mass is 10.2. The first kappa shape index (κ1) is 12.0. The number of thiazole rings is 1. The summed E-state index contributed by atoms with van der Waals surface area (Å²) in [5, 5.41) is 2.54. The summed E-state index contributed by atoms with van der Waals surface area (Å²) in [5.41, 5.74) is 2.10. The van der Waals surface area contributed by atoms with E-state index in [4.69, 9.17) is 23.2 Å². The summed E-state index contributed by atoms with van der Waals surface area (Å²) >= 11 is 13.7. The van der Waals surface area contributed by atoms with Crippen molar-refractivity contribution < 1.29 is 0 Å². The molecule has 3 rings (SSSR count). The summed E-state index contributed by atoms with van der Waals surface area (Å²) in [6.07, 6.45) is 0.812. The molecular formula is C14H9Cl2NS. The third-order valence-electron chi connectivity index (χ3n) is 2.68. The molecule has 0 aliphatic heterocycles. The van der Waals surface area contributed by atoms with Crippen molar-refractivity contribution in [2.24, 2.45) is 0 Å². The third kappa shape index (κ3) is 2.37. The molecule has 0 fully saturated rings. The topological polar surface area (TPSA) is 12.9 Å². The van der Waals surface area contributed by atoms with E-state index >= 15 is 0 Å². The van der Waals surface area contributed by atoms with Crippen LogP contribution in [0.15, 0.2) is 42.5 Å². The number of fused-ring (bicyclic) bond motifs is 1. The third-order valence-corrected chi connectivity index (χ3v) is 4.26. The molecule has 0 aliphatic carbocycles. The monoisotopic (exact) mass is 293 g/mol. The van der Waals surface area contributed by atoms with Gasteiger partial charge in [0.05, 0.1) is 14.7 Å². The fraction of sp³-hybridized carbons (Fsp3) is 0.0714. The number of rotatable bonds is 2. The maximum Gasteiger partial charge on any atom is 0.100 e. The maximum absolute atomic E-state index is 6.12. The Morgan fingerprint density at radius 2 is 1.78 bits per heavy atom. The quantitative estimate of drug-likeness (QED) is 0.633. The van der Waals surface area contributed by atoms with Crippen LogP contribution in [0.1, 0.15) is 10.6 Å². The van der Waals surface area contributed by atoms with Gasteiger partial charge in [-0.15, -0.1) is 11.3 Å². The molecule has 18 heavy (non-hydrogen) atoms. The Bertz CT molecular complexity index is 689. The number of halogens is 2. The predicted octanol–water partition coefficient (Wildman–Crippen LogP) is 5.19. The number of hydrogen-bond donors (Lipinski definition) is 0. The number of aromatic nitrogens is 1. The van der Waals surface area contributed by atoms with Crippen LogP contribution in [0, 0.1) is 0 Å². The fourth-order valence-corrected chi connectivity index (χ4v) is 3.24. The van der Waals surface area contributed by atoms with E-state index in [1.807, 2.05) is 42.5 Å². The first-order valence-electron chi connectivity index (χ1n) is 5.51. The van der Waals surface area contributed by atoms with E-state index in [2.05, 4.69) is 4.98 Å². The Balaban J connectivity index is 1.95. The van der Waals surface area contributed by atoms with Gasteiger partial charge in [0.15, 0.2) is 0 Å². The SMILES string of the molecule is Clc1ccc(Cc2nc3c(Cl)cccc3s2)cc1. The Morgan fingerprint density at radius 3 is 2.50 bits per heavy atom. The molecule has 3 aromatic rings. The predicted molar refractivity (Wildman–Crippen MR) is 78.9 cm³/mol. The van der Waals surface area contributed by atoms with Crippen molar-refractivity contribution in [1.82, 2.24) is 4.98 Å². The average molecular weight is 294 g/mol. The molecule has 1 aromatic heterocycles. The Kier molecular flexibility index (Phi) is 3.25. The summed E-state index contributed by atoms with van der Waals surface area (Å²) in [7, 11) is 0. The van der Waals surface area contributed by atoms with Crippen molar-refractivity contribution in [2.75, 3.05) is 0 Å². The number of nitrogens with zero attached hydrogens (tertiary/aromatic N) is 1. The van der Waals surface area contributed by atoms with Crippen LogP contribution in [0.2, 0.25) is 10.0 Å². The van der Waals surface area contributed by atoms with Gasteiger partial charge in [0.25, 0.3) is 0 Å². The summed E-state index contributed by atoms with van der Waals surface area (Å²) in [6, 6.07) is 13.7. The minimum absolute atomic E-state index is 0.714. The van der Waals surface area contributed by atoms with Crippen molar-refractivity contribution in [3.8, 4) is 0 Å². The zero-order valence-electron chi connectivity index (χ0n) is 9.36. The highest BCUT2D eigenvalue weighted by Crippen LogP contribution is 2.29. The molecule has 0 spiro atoms. The molecule has 1 nitrogen and oxygen atoms in total. The molecule has 90 valence electrons. The molecule has 0 radical (unpaired) electrons. The lowest BCUT2D eigenvalue weighted by Crippen LogP contribution is -1.86. The molecule has 0 bridgehead atoms. The highest BCUT2D eigenvalue weighted by atomic mass is 35.5. The van der Waals surface area contributed by atoms with Gasteiger partial charge in [-0.3, -0.25) is 0 Å². The molecule has 0 saturated carbocycles. The van der Waals surface area contributed by atoms with Gasteiger partial charge >= 0.3 is 0 Å². The second kappa shape index (κ2) is 4.88. The Labute approximate surface area is 119 Å². The van der Waals surface area contributed by atoms with E-state index in [0.29, 0.717) is 5.02 Å². The summed E-state index contributed by atoms with van der Waals surface area (Å²) in [4.78, 5) is 4.58. The zero-order valence-corrected chi connectivity index (χ0v) is 11.7. The number of para-hydroxylation sites is 1. The van der Waals surface area contributed by atoms with Crippen LogP contribution >= 0.6 is 34.5 Å². The minimum atomic E-state index is 0.714. The highest BCUT2D eigenvalue weighted by molar-refractivity contribution is 7.18. The van der Waals surface area contributed by atoms with Crippen LogP contribution in [0.5, 0.6) is 0 Å². The van der Waals surface area contributed by atoms with E-state index in [0.717, 1.165) is 26.7 Å². The molecule has 0 amide bonds. The Hall–Kier alpha value is -1.09. The maximum atomic E-state index is 6.12. The number of benzene rings is 2. The van der Waals surface area contributed by atoms with Crippen LogP contribution in [-0.4, -0.2) is 4.98 Å². The highest BCUT2D eigenvalue weighted by Gasteiger charge is 2.07. The molecule has 0 unspecified atom stereocenters. The molecule has 0 aliphatic rings. The van der Waals surface area contributed by atoms with Crippen LogP contribution in [0.3, 0.4) is 0 Å². The smallest absolute Gasteiger partial charge is 0.100 e. The van der Waals surface area contributed by atoms with E-state index in [1.54, 1.807) is 11.3 Å². The first-order chi connectivity index (χ1) is 8.72. The van der Waals surface area contributed by atoms with Crippen LogP contribution in [0.25, 0.3) is 10.2 Å². The summed E-state index contributed by atoms with van der Waals surface area (Å²) in [6.45, 7) is 0. The average Bonchev–Trinajstić information content (AvgIpc) is 2.76. The van der Waals surface area contributed by atoms with Crippen LogP contribution in [-0.2, 0) is 6.42 Å². The van der Waals surface area contributed by atoms with Gasteiger partial charge in [0.1, 0.15) is 5.52 Å². The minimum Gasteiger partial charge on any atom is -0.239 e. The lowest BCUT2D eigenvalue weighted by Gasteiger charge is -1.97. The van der Waals surface area contributed by atoms with E-state index in [-0.39, 0.29) is 0 Å². The van der Waals surface area contributed by atoms with Crippen molar-refractivity contribution in [3.63, 3.8) is 0 Å². The number of hydrogen-bond acceptors (Lipinski definition) is 2. The normalized spacial score (nSPS) is 11.0. The van der Waals surface area contributed by atoms with Gasteiger partial charge in [-0.2, -0.15) is 0 Å². The molecule has 0 atom stereocenters. The second-order valence-electron chi connectivity index (χ2n) is 4.00. The second-order valence-corrected chi connectivity index (χ2v) is 5.96. The van der Waals surface area contributed by atoms with Gasteiger partial charge in [-0.1, -0.05) is 41.4 Å². The zero-order chi connectivity index (χ0) is 12.5. The molecule has 2 aromatic carbocycles. The summed E-state index contributed by atoms with van der Waals surface area (Å²) in [5.74, 6) is 0. The molecule has 1 heterocycles. The van der Waals surface area contributed by atoms with Crippen molar-refractivity contribution >= 4 is 44.8 Å². The molecular weight excluding hydrogens is 285 g/mol. The van der Waals surface area contributed by atoms with Gasteiger partial charge in [-0.25, -0.2) is 4.98 Å². The first-order valence-corrected chi connectivity index (χ1v) is 7.08. The van der Waals surface area contributed by atoms with Gasteiger partial charge < -0.3 is 0 Å². The standard InChI is InChI=1S/C14H9Cl2NS/c15-10-6-4-9(5-7-10)8-13-17-14-11(16)2-1-3-12(14)18-13/h1-7H,8H2. The Morgan fingerprint density at radius 1 is 1.00 bits per heavy atom. The van der Waals surface area contributed by atoms with E-state index < -0.39 is 0 Å². The van der Waals surface area contributed by atoms with E-state index in [1.165, 1.54) is 5.56 Å². The van der Waals surface area contributed by atoms with Gasteiger partial charge in [0, 0.05) is 11.4 Å². The molecule has 4 heteroatoms. The van der Waals surface area contributed by atoms with Crippen molar-refractivity contribution in [2.45, 2.75) is 6.42 Å². The lowest BCUT2D eigenvalue weighted by molar-refractivity contribution is 1.16.